The average molecular weight is 377 g/mol. The predicted octanol–water partition coefficient (Wildman–Crippen LogP) is 5.04. The normalized spacial score (nSPS) is 34.6. The summed E-state index contributed by atoms with van der Waals surface area (Å²) in [6.45, 7) is 0.633. The molecule has 148 valence electrons. The van der Waals surface area contributed by atoms with E-state index in [-0.39, 0.29) is 6.04 Å². The summed E-state index contributed by atoms with van der Waals surface area (Å²) in [4.78, 5) is 5.15. The molecule has 5 rings (SSSR count). The van der Waals surface area contributed by atoms with Gasteiger partial charge in [-0.15, -0.1) is 0 Å². The second-order valence-electron chi connectivity index (χ2n) is 8.88. The Kier molecular flexibility index (Phi) is 5.35. The van der Waals surface area contributed by atoms with E-state index in [4.69, 9.17) is 9.73 Å². The van der Waals surface area contributed by atoms with Crippen molar-refractivity contribution in [3.05, 3.63) is 59.8 Å². The van der Waals surface area contributed by atoms with Gasteiger partial charge in [0.1, 0.15) is 12.4 Å². The van der Waals surface area contributed by atoms with E-state index in [0.29, 0.717) is 18.8 Å². The van der Waals surface area contributed by atoms with Gasteiger partial charge in [0.25, 0.3) is 0 Å². The summed E-state index contributed by atoms with van der Waals surface area (Å²) in [5.41, 5.74) is 2.95. The number of aliphatic imine (C=N–C) groups is 1. The third-order valence-electron chi connectivity index (χ3n) is 6.87. The van der Waals surface area contributed by atoms with E-state index in [1.54, 1.807) is 5.57 Å². The molecule has 0 aromatic carbocycles. The second kappa shape index (κ2) is 8.24. The highest BCUT2D eigenvalue weighted by atomic mass is 16.5. The van der Waals surface area contributed by atoms with Gasteiger partial charge in [-0.3, -0.25) is 4.99 Å². The van der Waals surface area contributed by atoms with Crippen LogP contribution in [0, 0.1) is 11.8 Å². The van der Waals surface area contributed by atoms with E-state index >= 15 is 0 Å². The van der Waals surface area contributed by atoms with Crippen LogP contribution in [0.25, 0.3) is 0 Å². The van der Waals surface area contributed by atoms with Gasteiger partial charge in [0.2, 0.25) is 0 Å². The number of fused-ring (bicyclic) bond motifs is 1. The van der Waals surface area contributed by atoms with Crippen molar-refractivity contribution in [1.29, 1.82) is 0 Å². The lowest BCUT2D eigenvalue weighted by atomic mass is 9.88. The lowest BCUT2D eigenvalue weighted by Gasteiger charge is -2.25. The molecule has 28 heavy (non-hydrogen) atoms. The first-order valence-electron chi connectivity index (χ1n) is 11.2. The fraction of sp³-hybridized carbons (Fsp3) is 0.560. The van der Waals surface area contributed by atoms with Crippen LogP contribution in [0.4, 0.5) is 0 Å². The van der Waals surface area contributed by atoms with Crippen molar-refractivity contribution in [1.82, 2.24) is 5.32 Å². The van der Waals surface area contributed by atoms with Gasteiger partial charge in [0.15, 0.2) is 0 Å². The zero-order valence-electron chi connectivity index (χ0n) is 16.7. The summed E-state index contributed by atoms with van der Waals surface area (Å²) in [5.74, 6) is 2.53. The molecule has 0 bridgehead atoms. The summed E-state index contributed by atoms with van der Waals surface area (Å²) in [6, 6.07) is 0.484. The molecule has 0 saturated heterocycles. The molecular weight excluding hydrogens is 344 g/mol. The van der Waals surface area contributed by atoms with Crippen LogP contribution >= 0.6 is 0 Å². The Morgan fingerprint density at radius 1 is 1.00 bits per heavy atom. The van der Waals surface area contributed by atoms with E-state index in [9.17, 15) is 0 Å². The van der Waals surface area contributed by atoms with E-state index in [2.05, 4.69) is 53.9 Å². The Morgan fingerprint density at radius 2 is 1.89 bits per heavy atom. The highest BCUT2D eigenvalue weighted by molar-refractivity contribution is 5.87. The van der Waals surface area contributed by atoms with Gasteiger partial charge in [-0.1, -0.05) is 74.3 Å². The average Bonchev–Trinajstić information content (AvgIpc) is 3.49. The summed E-state index contributed by atoms with van der Waals surface area (Å²) < 4.78 is 6.31. The Morgan fingerprint density at radius 3 is 2.79 bits per heavy atom. The lowest BCUT2D eigenvalue weighted by Crippen LogP contribution is -2.39. The Hall–Kier alpha value is -1.87. The molecular formula is C25H32N2O. The zero-order valence-corrected chi connectivity index (χ0v) is 16.7. The molecule has 1 aliphatic heterocycles. The van der Waals surface area contributed by atoms with Crippen LogP contribution in [-0.2, 0) is 4.74 Å². The highest BCUT2D eigenvalue weighted by Gasteiger charge is 2.45. The number of rotatable bonds is 5. The summed E-state index contributed by atoms with van der Waals surface area (Å²) in [6.07, 6.45) is 28.3. The maximum atomic E-state index is 6.31. The van der Waals surface area contributed by atoms with Crippen LogP contribution in [0.1, 0.15) is 51.4 Å². The third-order valence-corrected chi connectivity index (χ3v) is 6.87. The fourth-order valence-electron chi connectivity index (χ4n) is 5.18. The second-order valence-corrected chi connectivity index (χ2v) is 8.88. The molecule has 0 radical (unpaired) electrons. The van der Waals surface area contributed by atoms with Crippen LogP contribution in [0.2, 0.25) is 0 Å². The monoisotopic (exact) mass is 376 g/mol. The summed E-state index contributed by atoms with van der Waals surface area (Å²) in [5, 5.41) is 3.77. The van der Waals surface area contributed by atoms with Crippen LogP contribution in [0.5, 0.6) is 0 Å². The highest BCUT2D eigenvalue weighted by Crippen LogP contribution is 2.49. The first kappa shape index (κ1) is 18.2. The van der Waals surface area contributed by atoms with Gasteiger partial charge in [0, 0.05) is 0 Å². The Bertz CT molecular complexity index is 761. The minimum absolute atomic E-state index is 0.194. The molecule has 0 spiro atoms. The van der Waals surface area contributed by atoms with Gasteiger partial charge in [-0.2, -0.15) is 0 Å². The number of hydrogen-bond donors (Lipinski definition) is 1. The van der Waals surface area contributed by atoms with Crippen LogP contribution < -0.4 is 5.32 Å². The van der Waals surface area contributed by atoms with E-state index in [1.807, 2.05) is 0 Å². The van der Waals surface area contributed by atoms with Gasteiger partial charge >= 0.3 is 0 Å². The molecule has 3 nitrogen and oxygen atoms in total. The number of amidine groups is 1. The van der Waals surface area contributed by atoms with Gasteiger partial charge < -0.3 is 10.1 Å². The Labute approximate surface area is 169 Å². The molecule has 0 aromatic heterocycles. The quantitative estimate of drug-likeness (QED) is 0.682. The number of allylic oxidation sites excluding steroid dienone is 8. The SMILES string of the molecule is C1=CC=C([C@@H]2N=C(COC3CCCCCC3)N[C@@H]2C2=CC=CC3CC23)CC=C1. The molecule has 3 heteroatoms. The molecule has 2 saturated carbocycles. The molecule has 0 amide bonds. The number of ether oxygens (including phenoxy) is 1. The van der Waals surface area contributed by atoms with Crippen molar-refractivity contribution in [3.8, 4) is 0 Å². The fourth-order valence-corrected chi connectivity index (χ4v) is 5.18. The molecule has 4 aliphatic carbocycles. The standard InChI is InChI=1S/C25H32N2O/c1-2-6-11-18(10-5-1)24-25(21-15-9-12-19-16-22(19)21)27-23(26-24)17-28-20-13-7-3-4-8-14-20/h1-2,5-6,9-10,12,15,19-20,22,24-25H,3-4,7-8,11,13-14,16-17H2,(H,26,27)/t19?,22?,24-,25+/m0/s1. The zero-order chi connectivity index (χ0) is 18.8. The summed E-state index contributed by atoms with van der Waals surface area (Å²) in [7, 11) is 0. The van der Waals surface area contributed by atoms with Gasteiger partial charge in [0.05, 0.1) is 18.2 Å². The molecule has 1 N–H and O–H groups in total. The van der Waals surface area contributed by atoms with Gasteiger partial charge in [-0.05, 0) is 48.7 Å². The van der Waals surface area contributed by atoms with Crippen LogP contribution in [0.15, 0.2) is 64.7 Å². The first-order chi connectivity index (χ1) is 13.9. The van der Waals surface area contributed by atoms with Crippen LogP contribution in [0.3, 0.4) is 0 Å². The Balaban J connectivity index is 1.32. The van der Waals surface area contributed by atoms with E-state index in [0.717, 1.165) is 24.1 Å². The number of nitrogens with one attached hydrogen (secondary N) is 1. The topological polar surface area (TPSA) is 33.6 Å². The lowest BCUT2D eigenvalue weighted by molar-refractivity contribution is 0.0691. The van der Waals surface area contributed by atoms with Crippen LogP contribution in [-0.4, -0.2) is 30.6 Å². The largest absolute Gasteiger partial charge is 0.370 e. The van der Waals surface area contributed by atoms with Crippen molar-refractivity contribution in [2.45, 2.75) is 69.6 Å². The third kappa shape index (κ3) is 3.96. The van der Waals surface area contributed by atoms with Crippen molar-refractivity contribution >= 4 is 5.84 Å². The molecule has 4 atom stereocenters. The molecule has 0 aromatic rings. The van der Waals surface area contributed by atoms with Crippen molar-refractivity contribution in [2.24, 2.45) is 16.8 Å². The maximum Gasteiger partial charge on any atom is 0.124 e. The summed E-state index contributed by atoms with van der Waals surface area (Å²) >= 11 is 0. The predicted molar refractivity (Wildman–Crippen MR) is 115 cm³/mol. The van der Waals surface area contributed by atoms with Crippen molar-refractivity contribution in [2.75, 3.05) is 6.61 Å². The maximum absolute atomic E-state index is 6.31. The van der Waals surface area contributed by atoms with E-state index in [1.165, 1.54) is 50.5 Å². The van der Waals surface area contributed by atoms with Crippen molar-refractivity contribution < 1.29 is 4.74 Å². The first-order valence-corrected chi connectivity index (χ1v) is 11.2. The minimum atomic E-state index is 0.194. The minimum Gasteiger partial charge on any atom is -0.370 e. The molecule has 2 fully saturated rings. The van der Waals surface area contributed by atoms with Gasteiger partial charge in [-0.25, -0.2) is 0 Å². The van der Waals surface area contributed by atoms with E-state index < -0.39 is 0 Å². The van der Waals surface area contributed by atoms with Crippen molar-refractivity contribution in [3.63, 3.8) is 0 Å². The smallest absolute Gasteiger partial charge is 0.124 e. The molecule has 2 unspecified atom stereocenters. The molecule has 5 aliphatic rings. The number of hydrogen-bond acceptors (Lipinski definition) is 3. The number of nitrogens with zero attached hydrogens (tertiary/aromatic N) is 1. The molecule has 1 heterocycles.